The van der Waals surface area contributed by atoms with E-state index in [-0.39, 0.29) is 0 Å². The van der Waals surface area contributed by atoms with Crippen molar-refractivity contribution in [2.75, 3.05) is 0 Å². The molecule has 0 aliphatic rings. The third-order valence-corrected chi connectivity index (χ3v) is 7.49. The van der Waals surface area contributed by atoms with Gasteiger partial charge < -0.3 is 4.57 Å². The van der Waals surface area contributed by atoms with Crippen LogP contribution in [0.25, 0.3) is 76.3 Å². The number of hydrogen-bond acceptors (Lipinski definition) is 1. The lowest BCUT2D eigenvalue weighted by Gasteiger charge is -2.13. The van der Waals surface area contributed by atoms with Crippen molar-refractivity contribution < 1.29 is 0 Å². The Morgan fingerprint density at radius 3 is 1.74 bits per heavy atom. The largest absolute Gasteiger partial charge is 0.327 e. The SMILES string of the molecule is Cn1c(-c2c3ccccc3cc3ccccc23)nc2c3cccc4ccc5cccc(c5c43)c21. The molecule has 158 valence electrons. The van der Waals surface area contributed by atoms with Gasteiger partial charge in [-0.1, -0.05) is 97.1 Å². The summed E-state index contributed by atoms with van der Waals surface area (Å²) in [5, 5.41) is 12.6. The summed E-state index contributed by atoms with van der Waals surface area (Å²) >= 11 is 0. The number of nitrogens with zero attached hydrogens (tertiary/aromatic N) is 2. The van der Waals surface area contributed by atoms with Gasteiger partial charge in [0.15, 0.2) is 0 Å². The standard InChI is InChI=1S/C32H20N2/c1-34-31-26-15-7-11-20-17-16-19-10-6-14-25(27(19)28(20)26)30(31)33-32(34)29-23-12-4-2-8-21(23)18-22-9-3-5-13-24(22)29/h2-18H,1H3. The highest BCUT2D eigenvalue weighted by Gasteiger charge is 2.21. The van der Waals surface area contributed by atoms with Gasteiger partial charge in [-0.2, -0.15) is 0 Å². The predicted octanol–water partition coefficient (Wildman–Crippen LogP) is 8.44. The van der Waals surface area contributed by atoms with Crippen molar-refractivity contribution in [1.82, 2.24) is 9.55 Å². The van der Waals surface area contributed by atoms with Crippen LogP contribution < -0.4 is 0 Å². The highest BCUT2D eigenvalue weighted by molar-refractivity contribution is 6.32. The second kappa shape index (κ2) is 6.33. The van der Waals surface area contributed by atoms with E-state index in [1.807, 2.05) is 0 Å². The zero-order valence-electron chi connectivity index (χ0n) is 18.7. The Morgan fingerprint density at radius 2 is 1.06 bits per heavy atom. The maximum atomic E-state index is 5.39. The number of aromatic nitrogens is 2. The summed E-state index contributed by atoms with van der Waals surface area (Å²) in [5.74, 6) is 1.01. The smallest absolute Gasteiger partial charge is 0.142 e. The highest BCUT2D eigenvalue weighted by atomic mass is 15.1. The molecule has 1 heterocycles. The first kappa shape index (κ1) is 18.0. The van der Waals surface area contributed by atoms with E-state index in [1.165, 1.54) is 64.9 Å². The van der Waals surface area contributed by atoms with Gasteiger partial charge in [-0.25, -0.2) is 4.98 Å². The van der Waals surface area contributed by atoms with Crippen LogP contribution in [0.2, 0.25) is 0 Å². The zero-order valence-corrected chi connectivity index (χ0v) is 18.7. The summed E-state index contributed by atoms with van der Waals surface area (Å²) in [5.41, 5.74) is 3.48. The van der Waals surface area contributed by atoms with Gasteiger partial charge >= 0.3 is 0 Å². The lowest BCUT2D eigenvalue weighted by atomic mass is 9.93. The summed E-state index contributed by atoms with van der Waals surface area (Å²) < 4.78 is 2.31. The molecular formula is C32H20N2. The first-order valence-electron chi connectivity index (χ1n) is 11.7. The van der Waals surface area contributed by atoms with E-state index < -0.39 is 0 Å². The molecule has 0 aliphatic carbocycles. The van der Waals surface area contributed by atoms with Gasteiger partial charge in [0.25, 0.3) is 0 Å². The van der Waals surface area contributed by atoms with E-state index in [0.29, 0.717) is 0 Å². The van der Waals surface area contributed by atoms with Crippen LogP contribution in [-0.4, -0.2) is 9.55 Å². The molecule has 0 radical (unpaired) electrons. The molecule has 0 aliphatic heterocycles. The molecule has 2 nitrogen and oxygen atoms in total. The minimum Gasteiger partial charge on any atom is -0.327 e. The fourth-order valence-corrected chi connectivity index (χ4v) is 6.02. The fourth-order valence-electron chi connectivity index (χ4n) is 6.02. The summed E-state index contributed by atoms with van der Waals surface area (Å²) in [6, 6.07) is 37.3. The summed E-state index contributed by atoms with van der Waals surface area (Å²) in [7, 11) is 2.17. The molecule has 0 unspecified atom stereocenters. The lowest BCUT2D eigenvalue weighted by Crippen LogP contribution is -1.95. The van der Waals surface area contributed by atoms with Gasteiger partial charge in [0.1, 0.15) is 5.82 Å². The molecule has 0 saturated carbocycles. The van der Waals surface area contributed by atoms with E-state index in [2.05, 4.69) is 115 Å². The van der Waals surface area contributed by atoms with E-state index >= 15 is 0 Å². The predicted molar refractivity (Wildman–Crippen MR) is 145 cm³/mol. The van der Waals surface area contributed by atoms with Crippen molar-refractivity contribution >= 4 is 64.9 Å². The van der Waals surface area contributed by atoms with Gasteiger partial charge in [0.05, 0.1) is 11.0 Å². The van der Waals surface area contributed by atoms with E-state index in [1.54, 1.807) is 0 Å². The monoisotopic (exact) mass is 432 g/mol. The maximum absolute atomic E-state index is 5.39. The van der Waals surface area contributed by atoms with Gasteiger partial charge in [-0.05, 0) is 49.2 Å². The van der Waals surface area contributed by atoms with Crippen molar-refractivity contribution in [1.29, 1.82) is 0 Å². The molecule has 0 saturated heterocycles. The van der Waals surface area contributed by atoms with Crippen LogP contribution in [0.5, 0.6) is 0 Å². The molecule has 34 heavy (non-hydrogen) atoms. The summed E-state index contributed by atoms with van der Waals surface area (Å²) in [6.45, 7) is 0. The molecule has 7 aromatic carbocycles. The molecular weight excluding hydrogens is 412 g/mol. The first-order chi connectivity index (χ1) is 16.8. The summed E-state index contributed by atoms with van der Waals surface area (Å²) in [4.78, 5) is 5.39. The molecule has 0 atom stereocenters. The van der Waals surface area contributed by atoms with Crippen molar-refractivity contribution in [3.63, 3.8) is 0 Å². The average molecular weight is 433 g/mol. The van der Waals surface area contributed by atoms with E-state index in [9.17, 15) is 0 Å². The summed E-state index contributed by atoms with van der Waals surface area (Å²) in [6.07, 6.45) is 0. The highest BCUT2D eigenvalue weighted by Crippen LogP contribution is 2.43. The van der Waals surface area contributed by atoms with Crippen LogP contribution in [0.15, 0.2) is 103 Å². The topological polar surface area (TPSA) is 17.8 Å². The molecule has 0 spiro atoms. The third-order valence-electron chi connectivity index (χ3n) is 7.49. The Balaban J connectivity index is 1.64. The molecule has 8 aromatic rings. The second-order valence-electron chi connectivity index (χ2n) is 9.26. The van der Waals surface area contributed by atoms with Crippen molar-refractivity contribution in [3.05, 3.63) is 103 Å². The van der Waals surface area contributed by atoms with Gasteiger partial charge in [0.2, 0.25) is 0 Å². The van der Waals surface area contributed by atoms with E-state index in [0.717, 1.165) is 11.3 Å². The molecule has 1 aromatic heterocycles. The molecule has 0 fully saturated rings. The fraction of sp³-hybridized carbons (Fsp3) is 0.0312. The number of rotatable bonds is 1. The Bertz CT molecular complexity index is 2020. The molecule has 2 heteroatoms. The Morgan fingerprint density at radius 1 is 0.529 bits per heavy atom. The molecule has 0 amide bonds. The molecule has 8 rings (SSSR count). The van der Waals surface area contributed by atoms with Crippen LogP contribution in [0.3, 0.4) is 0 Å². The Kier molecular flexibility index (Phi) is 3.36. The van der Waals surface area contributed by atoms with Crippen LogP contribution >= 0.6 is 0 Å². The normalized spacial score (nSPS) is 12.3. The second-order valence-corrected chi connectivity index (χ2v) is 9.26. The number of aryl methyl sites for hydroxylation is 1. The number of benzene rings is 7. The minimum absolute atomic E-state index is 1.01. The van der Waals surface area contributed by atoms with Gasteiger partial charge in [-0.15, -0.1) is 0 Å². The Hall–Kier alpha value is -4.43. The van der Waals surface area contributed by atoms with Crippen molar-refractivity contribution in [2.24, 2.45) is 7.05 Å². The zero-order chi connectivity index (χ0) is 22.4. The lowest BCUT2D eigenvalue weighted by molar-refractivity contribution is 0.965. The van der Waals surface area contributed by atoms with Crippen LogP contribution in [0.1, 0.15) is 0 Å². The molecule has 0 bridgehead atoms. The van der Waals surface area contributed by atoms with E-state index in [4.69, 9.17) is 4.98 Å². The number of imidazole rings is 1. The van der Waals surface area contributed by atoms with Gasteiger partial charge in [0, 0.05) is 23.4 Å². The van der Waals surface area contributed by atoms with Crippen molar-refractivity contribution in [2.45, 2.75) is 0 Å². The number of hydrogen-bond donors (Lipinski definition) is 0. The molecule has 0 N–H and O–H groups in total. The van der Waals surface area contributed by atoms with Crippen LogP contribution in [-0.2, 0) is 7.05 Å². The van der Waals surface area contributed by atoms with Gasteiger partial charge in [-0.3, -0.25) is 0 Å². The average Bonchev–Trinajstić information content (AvgIpc) is 3.23. The Labute approximate surface area is 196 Å². The van der Waals surface area contributed by atoms with Crippen LogP contribution in [0.4, 0.5) is 0 Å². The maximum Gasteiger partial charge on any atom is 0.142 e. The third kappa shape index (κ3) is 2.18. The van der Waals surface area contributed by atoms with Crippen LogP contribution in [0, 0.1) is 0 Å². The quantitative estimate of drug-likeness (QED) is 0.188. The first-order valence-corrected chi connectivity index (χ1v) is 11.7. The number of fused-ring (bicyclic) bond motifs is 5. The van der Waals surface area contributed by atoms with Crippen molar-refractivity contribution in [3.8, 4) is 11.4 Å². The minimum atomic E-state index is 1.01.